The first-order valence-electron chi connectivity index (χ1n) is 7.40. The summed E-state index contributed by atoms with van der Waals surface area (Å²) >= 11 is 0. The molecule has 0 aliphatic heterocycles. The van der Waals surface area contributed by atoms with Crippen molar-refractivity contribution in [1.82, 2.24) is 24.1 Å². The topological polar surface area (TPSA) is 65.1 Å². The molecule has 3 aromatic rings. The van der Waals surface area contributed by atoms with Gasteiger partial charge in [-0.3, -0.25) is 4.79 Å². The van der Waals surface area contributed by atoms with Gasteiger partial charge in [-0.1, -0.05) is 12.8 Å². The summed E-state index contributed by atoms with van der Waals surface area (Å²) in [6, 6.07) is 2.29. The first-order valence-corrected chi connectivity index (χ1v) is 7.40. The van der Waals surface area contributed by atoms with Crippen molar-refractivity contribution < 1.29 is 0 Å². The zero-order valence-corrected chi connectivity index (χ0v) is 12.2. The lowest BCUT2D eigenvalue weighted by atomic mass is 10.2. The van der Waals surface area contributed by atoms with Crippen LogP contribution in [0.1, 0.15) is 43.2 Å². The highest BCUT2D eigenvalue weighted by Gasteiger charge is 2.20. The molecule has 0 saturated heterocycles. The molecule has 0 atom stereocenters. The molecule has 21 heavy (non-hydrogen) atoms. The summed E-state index contributed by atoms with van der Waals surface area (Å²) in [5.74, 6) is 1.21. The normalized spacial score (nSPS) is 16.3. The fraction of sp³-hybridized carbons (Fsp3) is 0.467. The van der Waals surface area contributed by atoms with Crippen LogP contribution in [-0.4, -0.2) is 24.1 Å². The van der Waals surface area contributed by atoms with Gasteiger partial charge in [-0.2, -0.15) is 9.50 Å². The highest BCUT2D eigenvalue weighted by Crippen LogP contribution is 2.28. The minimum absolute atomic E-state index is 0.0412. The molecule has 108 valence electrons. The maximum atomic E-state index is 12.8. The Morgan fingerprint density at radius 3 is 2.71 bits per heavy atom. The molecule has 1 aliphatic rings. The number of hydrogen-bond donors (Lipinski definition) is 0. The van der Waals surface area contributed by atoms with Crippen LogP contribution in [0, 0.1) is 13.8 Å². The monoisotopic (exact) mass is 283 g/mol. The van der Waals surface area contributed by atoms with Crippen LogP contribution in [0.2, 0.25) is 0 Å². The van der Waals surface area contributed by atoms with Crippen LogP contribution >= 0.6 is 0 Å². The molecule has 0 bridgehead atoms. The number of aryl methyl sites for hydroxylation is 2. The van der Waals surface area contributed by atoms with Crippen molar-refractivity contribution in [3.05, 3.63) is 34.1 Å². The Morgan fingerprint density at radius 2 is 1.95 bits per heavy atom. The molecule has 0 aromatic carbocycles. The van der Waals surface area contributed by atoms with Crippen molar-refractivity contribution in [2.75, 3.05) is 0 Å². The van der Waals surface area contributed by atoms with E-state index in [4.69, 9.17) is 0 Å². The molecule has 1 aliphatic carbocycles. The molecule has 6 heteroatoms. The minimum atomic E-state index is 0.0412. The highest BCUT2D eigenvalue weighted by molar-refractivity contribution is 5.81. The molecule has 0 spiro atoms. The molecular formula is C15H17N5O. The number of hydrogen-bond acceptors (Lipinski definition) is 4. The van der Waals surface area contributed by atoms with Crippen molar-refractivity contribution in [2.24, 2.45) is 0 Å². The van der Waals surface area contributed by atoms with Gasteiger partial charge in [0.2, 0.25) is 0 Å². The quantitative estimate of drug-likeness (QED) is 0.686. The van der Waals surface area contributed by atoms with Gasteiger partial charge in [0.05, 0.1) is 16.6 Å². The third kappa shape index (κ3) is 1.78. The van der Waals surface area contributed by atoms with Gasteiger partial charge < -0.3 is 4.57 Å². The Labute approximate surface area is 121 Å². The van der Waals surface area contributed by atoms with Crippen LogP contribution in [0.25, 0.3) is 16.7 Å². The van der Waals surface area contributed by atoms with E-state index < -0.39 is 0 Å². The smallest absolute Gasteiger partial charge is 0.262 e. The van der Waals surface area contributed by atoms with Gasteiger partial charge in [0.25, 0.3) is 11.3 Å². The van der Waals surface area contributed by atoms with Crippen molar-refractivity contribution in [3.8, 4) is 0 Å². The standard InChI is InChI=1S/C15H17N5O/c1-9-13-12(20-15(16-9)17-10(2)18-20)7-8-19(14(13)21)11-5-3-4-6-11/h7-8,11H,3-6H2,1-2H3. The lowest BCUT2D eigenvalue weighted by Crippen LogP contribution is -2.24. The van der Waals surface area contributed by atoms with E-state index in [1.807, 2.05) is 30.7 Å². The van der Waals surface area contributed by atoms with E-state index in [1.54, 1.807) is 4.52 Å². The van der Waals surface area contributed by atoms with Gasteiger partial charge >= 0.3 is 0 Å². The SMILES string of the molecule is Cc1nc2nc(C)c3c(=O)n(C4CCCC4)ccc3n2n1. The third-order valence-corrected chi connectivity index (χ3v) is 4.37. The number of nitrogens with zero attached hydrogens (tertiary/aromatic N) is 5. The molecule has 1 fully saturated rings. The Bertz CT molecular complexity index is 902. The highest BCUT2D eigenvalue weighted by atomic mass is 16.1. The molecule has 0 amide bonds. The van der Waals surface area contributed by atoms with E-state index in [-0.39, 0.29) is 5.56 Å². The molecule has 4 rings (SSSR count). The van der Waals surface area contributed by atoms with Crippen molar-refractivity contribution in [1.29, 1.82) is 0 Å². The van der Waals surface area contributed by atoms with Crippen LogP contribution in [-0.2, 0) is 0 Å². The maximum absolute atomic E-state index is 12.8. The van der Waals surface area contributed by atoms with Gasteiger partial charge in [0.15, 0.2) is 0 Å². The average molecular weight is 283 g/mol. The van der Waals surface area contributed by atoms with E-state index in [0.717, 1.165) is 24.1 Å². The summed E-state index contributed by atoms with van der Waals surface area (Å²) in [5, 5.41) is 5.00. The second kappa shape index (κ2) is 4.38. The molecule has 0 N–H and O–H groups in total. The first-order chi connectivity index (χ1) is 10.1. The Hall–Kier alpha value is -2.24. The second-order valence-electron chi connectivity index (χ2n) is 5.79. The van der Waals surface area contributed by atoms with Crippen molar-refractivity contribution in [2.45, 2.75) is 45.6 Å². The van der Waals surface area contributed by atoms with E-state index in [0.29, 0.717) is 23.0 Å². The summed E-state index contributed by atoms with van der Waals surface area (Å²) in [6.07, 6.45) is 6.48. The van der Waals surface area contributed by atoms with Crippen LogP contribution in [0.4, 0.5) is 0 Å². The summed E-state index contributed by atoms with van der Waals surface area (Å²) < 4.78 is 3.54. The summed E-state index contributed by atoms with van der Waals surface area (Å²) in [4.78, 5) is 21.6. The second-order valence-corrected chi connectivity index (χ2v) is 5.79. The molecule has 3 heterocycles. The summed E-state index contributed by atoms with van der Waals surface area (Å²) in [5.41, 5.74) is 1.55. The Kier molecular flexibility index (Phi) is 2.60. The van der Waals surface area contributed by atoms with E-state index >= 15 is 0 Å². The third-order valence-electron chi connectivity index (χ3n) is 4.37. The summed E-state index contributed by atoms with van der Waals surface area (Å²) in [6.45, 7) is 3.70. The largest absolute Gasteiger partial charge is 0.312 e. The lowest BCUT2D eigenvalue weighted by molar-refractivity contribution is 0.505. The fourth-order valence-electron chi connectivity index (χ4n) is 3.37. The van der Waals surface area contributed by atoms with Crippen LogP contribution in [0.15, 0.2) is 17.1 Å². The molecule has 0 unspecified atom stereocenters. The van der Waals surface area contributed by atoms with Gasteiger partial charge in [-0.05, 0) is 32.8 Å². The number of fused-ring (bicyclic) bond motifs is 3. The van der Waals surface area contributed by atoms with Gasteiger partial charge in [0, 0.05) is 12.2 Å². The first kappa shape index (κ1) is 12.5. The van der Waals surface area contributed by atoms with E-state index in [2.05, 4.69) is 15.1 Å². The Morgan fingerprint density at radius 1 is 1.19 bits per heavy atom. The molecule has 3 aromatic heterocycles. The zero-order valence-electron chi connectivity index (χ0n) is 12.2. The van der Waals surface area contributed by atoms with E-state index in [9.17, 15) is 4.79 Å². The zero-order chi connectivity index (χ0) is 14.6. The molecular weight excluding hydrogens is 266 g/mol. The fourth-order valence-corrected chi connectivity index (χ4v) is 3.37. The maximum Gasteiger partial charge on any atom is 0.262 e. The Balaban J connectivity index is 2.07. The van der Waals surface area contributed by atoms with Crippen molar-refractivity contribution in [3.63, 3.8) is 0 Å². The van der Waals surface area contributed by atoms with Crippen LogP contribution < -0.4 is 5.56 Å². The predicted octanol–water partition coefficient (Wildman–Crippen LogP) is 2.17. The minimum Gasteiger partial charge on any atom is -0.312 e. The summed E-state index contributed by atoms with van der Waals surface area (Å²) in [7, 11) is 0. The molecule has 0 radical (unpaired) electrons. The average Bonchev–Trinajstić information content (AvgIpc) is 3.07. The number of pyridine rings is 1. The number of rotatable bonds is 1. The van der Waals surface area contributed by atoms with Gasteiger partial charge in [-0.15, -0.1) is 5.10 Å². The molecule has 1 saturated carbocycles. The molecule has 6 nitrogen and oxygen atoms in total. The predicted molar refractivity (Wildman–Crippen MR) is 79.5 cm³/mol. The van der Waals surface area contributed by atoms with E-state index in [1.165, 1.54) is 12.8 Å². The van der Waals surface area contributed by atoms with Gasteiger partial charge in [-0.25, -0.2) is 4.98 Å². The van der Waals surface area contributed by atoms with Crippen LogP contribution in [0.3, 0.4) is 0 Å². The number of aromatic nitrogens is 5. The lowest BCUT2D eigenvalue weighted by Gasteiger charge is -2.14. The van der Waals surface area contributed by atoms with Crippen molar-refractivity contribution >= 4 is 16.7 Å². The van der Waals surface area contributed by atoms with Gasteiger partial charge in [0.1, 0.15) is 5.82 Å². The van der Waals surface area contributed by atoms with Crippen LogP contribution in [0.5, 0.6) is 0 Å².